The third-order valence-corrected chi connectivity index (χ3v) is 4.40. The normalized spacial score (nSPS) is 11.0. The highest BCUT2D eigenvalue weighted by atomic mass is 127. The fraction of sp³-hybridized carbons (Fsp3) is 0.286. The first-order chi connectivity index (χ1) is 12.5. The quantitative estimate of drug-likeness (QED) is 0.421. The summed E-state index contributed by atoms with van der Waals surface area (Å²) in [5.74, 6) is 1.79. The molecule has 0 heterocycles. The number of nitrogens with one attached hydrogen (secondary N) is 1. The Balaban J connectivity index is 1.98. The predicted octanol–water partition coefficient (Wildman–Crippen LogP) is 5.38. The van der Waals surface area contributed by atoms with Gasteiger partial charge in [0.2, 0.25) is 5.91 Å². The number of rotatable bonds is 8. The summed E-state index contributed by atoms with van der Waals surface area (Å²) in [5, 5.41) is 2.83. The van der Waals surface area contributed by atoms with E-state index in [4.69, 9.17) is 9.47 Å². The van der Waals surface area contributed by atoms with Gasteiger partial charge in [0.15, 0.2) is 11.5 Å². The van der Waals surface area contributed by atoms with Gasteiger partial charge in [0.05, 0.1) is 13.7 Å². The van der Waals surface area contributed by atoms with Gasteiger partial charge in [-0.2, -0.15) is 0 Å². The Morgan fingerprint density at radius 2 is 1.88 bits per heavy atom. The summed E-state index contributed by atoms with van der Waals surface area (Å²) in [7, 11) is 1.61. The van der Waals surface area contributed by atoms with Crippen molar-refractivity contribution >= 4 is 40.3 Å². The Labute approximate surface area is 168 Å². The van der Waals surface area contributed by atoms with Crippen molar-refractivity contribution in [3.05, 3.63) is 57.7 Å². The number of anilines is 1. The van der Waals surface area contributed by atoms with Crippen molar-refractivity contribution in [2.45, 2.75) is 20.3 Å². The lowest BCUT2D eigenvalue weighted by Gasteiger charge is -2.12. The number of carbonyl (C=O) groups is 1. The molecule has 0 aliphatic carbocycles. The van der Waals surface area contributed by atoms with E-state index in [-0.39, 0.29) is 5.91 Å². The maximum Gasteiger partial charge on any atom is 0.248 e. The molecule has 4 nitrogen and oxygen atoms in total. The van der Waals surface area contributed by atoms with Crippen LogP contribution in [0.25, 0.3) is 6.08 Å². The highest BCUT2D eigenvalue weighted by Gasteiger charge is 2.06. The Bertz CT molecular complexity index is 754. The van der Waals surface area contributed by atoms with Gasteiger partial charge < -0.3 is 14.8 Å². The molecule has 0 radical (unpaired) electrons. The second-order valence-corrected chi connectivity index (χ2v) is 7.52. The lowest BCUT2D eigenvalue weighted by atomic mass is 10.1. The number of ether oxygens (including phenoxy) is 2. The molecule has 1 N–H and O–H groups in total. The molecular formula is C21H24INO3. The molecule has 2 aromatic rings. The number of hydrogen-bond donors (Lipinski definition) is 1. The summed E-state index contributed by atoms with van der Waals surface area (Å²) in [6.07, 6.45) is 4.25. The molecule has 0 saturated carbocycles. The molecule has 26 heavy (non-hydrogen) atoms. The average Bonchev–Trinajstić information content (AvgIpc) is 2.62. The van der Waals surface area contributed by atoms with E-state index in [1.165, 1.54) is 6.08 Å². The molecule has 0 aliphatic heterocycles. The van der Waals surface area contributed by atoms with Crippen molar-refractivity contribution < 1.29 is 14.3 Å². The summed E-state index contributed by atoms with van der Waals surface area (Å²) >= 11 is 2.23. The van der Waals surface area contributed by atoms with Crippen LogP contribution in [0.4, 0.5) is 5.69 Å². The van der Waals surface area contributed by atoms with Crippen LogP contribution in [0.2, 0.25) is 0 Å². The number of amides is 1. The summed E-state index contributed by atoms with van der Waals surface area (Å²) in [6, 6.07) is 13.3. The second kappa shape index (κ2) is 10.2. The zero-order valence-corrected chi connectivity index (χ0v) is 17.4. The van der Waals surface area contributed by atoms with Crippen molar-refractivity contribution in [1.29, 1.82) is 0 Å². The molecule has 0 atom stereocenters. The molecule has 0 unspecified atom stereocenters. The number of methoxy groups -OCH3 is 1. The zero-order valence-electron chi connectivity index (χ0n) is 15.3. The summed E-state index contributed by atoms with van der Waals surface area (Å²) < 4.78 is 12.3. The van der Waals surface area contributed by atoms with Crippen molar-refractivity contribution in [3.8, 4) is 11.5 Å². The van der Waals surface area contributed by atoms with E-state index in [9.17, 15) is 4.79 Å². The van der Waals surface area contributed by atoms with Gasteiger partial charge in [0.1, 0.15) is 0 Å². The van der Waals surface area contributed by atoms with Crippen molar-refractivity contribution in [1.82, 2.24) is 0 Å². The van der Waals surface area contributed by atoms with Crippen LogP contribution in [0.5, 0.6) is 11.5 Å². The molecule has 2 aromatic carbocycles. The minimum absolute atomic E-state index is 0.178. The standard InChI is InChI=1S/C21H24INO3/c1-15(2)12-13-26-19-10-4-16(14-20(19)25-3)5-11-21(24)23-18-8-6-17(22)7-9-18/h4-11,14-15H,12-13H2,1-3H3,(H,23,24). The maximum atomic E-state index is 12.0. The molecule has 0 saturated heterocycles. The first kappa shape index (κ1) is 20.3. The average molecular weight is 465 g/mol. The van der Waals surface area contributed by atoms with Crippen molar-refractivity contribution in [2.75, 3.05) is 19.0 Å². The minimum Gasteiger partial charge on any atom is -0.493 e. The van der Waals surface area contributed by atoms with Gasteiger partial charge >= 0.3 is 0 Å². The Kier molecular flexibility index (Phi) is 7.97. The molecule has 0 aliphatic rings. The molecule has 0 spiro atoms. The number of benzene rings is 2. The molecule has 138 valence electrons. The molecule has 1 amide bonds. The van der Waals surface area contributed by atoms with Crippen LogP contribution in [0.15, 0.2) is 48.5 Å². The minimum atomic E-state index is -0.178. The molecular weight excluding hydrogens is 441 g/mol. The van der Waals surface area contributed by atoms with Gasteiger partial charge in [-0.25, -0.2) is 0 Å². The van der Waals surface area contributed by atoms with E-state index in [2.05, 4.69) is 41.8 Å². The lowest BCUT2D eigenvalue weighted by molar-refractivity contribution is -0.111. The largest absolute Gasteiger partial charge is 0.493 e. The number of halogens is 1. The van der Waals surface area contributed by atoms with E-state index in [1.54, 1.807) is 13.2 Å². The number of carbonyl (C=O) groups excluding carboxylic acids is 1. The number of hydrogen-bond acceptors (Lipinski definition) is 3. The third kappa shape index (κ3) is 6.71. The van der Waals surface area contributed by atoms with Gasteiger partial charge in [-0.3, -0.25) is 4.79 Å². The summed E-state index contributed by atoms with van der Waals surface area (Å²) in [6.45, 7) is 4.98. The van der Waals surface area contributed by atoms with E-state index < -0.39 is 0 Å². The molecule has 0 bridgehead atoms. The van der Waals surface area contributed by atoms with Crippen LogP contribution < -0.4 is 14.8 Å². The van der Waals surface area contributed by atoms with Gasteiger partial charge in [-0.05, 0) is 83.0 Å². The third-order valence-electron chi connectivity index (χ3n) is 3.68. The van der Waals surface area contributed by atoms with Crippen LogP contribution in [0.1, 0.15) is 25.8 Å². The summed E-state index contributed by atoms with van der Waals surface area (Å²) in [5.41, 5.74) is 1.64. The van der Waals surface area contributed by atoms with Crippen LogP contribution >= 0.6 is 22.6 Å². The second-order valence-electron chi connectivity index (χ2n) is 6.27. The Hall–Kier alpha value is -2.02. The molecule has 2 rings (SSSR count). The van der Waals surface area contributed by atoms with Crippen LogP contribution in [0, 0.1) is 9.49 Å². The fourth-order valence-corrected chi connectivity index (χ4v) is 2.56. The van der Waals surface area contributed by atoms with Crippen LogP contribution in [-0.4, -0.2) is 19.6 Å². The van der Waals surface area contributed by atoms with Crippen LogP contribution in [0.3, 0.4) is 0 Å². The smallest absolute Gasteiger partial charge is 0.248 e. The predicted molar refractivity (Wildman–Crippen MR) is 115 cm³/mol. The van der Waals surface area contributed by atoms with E-state index in [0.717, 1.165) is 21.2 Å². The first-order valence-electron chi connectivity index (χ1n) is 8.53. The van der Waals surface area contributed by atoms with Gasteiger partial charge in [0.25, 0.3) is 0 Å². The Morgan fingerprint density at radius 3 is 2.54 bits per heavy atom. The van der Waals surface area contributed by atoms with Crippen LogP contribution in [-0.2, 0) is 4.79 Å². The summed E-state index contributed by atoms with van der Waals surface area (Å²) in [4.78, 5) is 12.0. The van der Waals surface area contributed by atoms with Gasteiger partial charge in [-0.1, -0.05) is 19.9 Å². The molecule has 0 fully saturated rings. The van der Waals surface area contributed by atoms with E-state index in [1.807, 2.05) is 42.5 Å². The maximum absolute atomic E-state index is 12.0. The van der Waals surface area contributed by atoms with Crippen molar-refractivity contribution in [2.24, 2.45) is 5.92 Å². The Morgan fingerprint density at radius 1 is 1.15 bits per heavy atom. The highest BCUT2D eigenvalue weighted by Crippen LogP contribution is 2.29. The lowest BCUT2D eigenvalue weighted by Crippen LogP contribution is -2.07. The topological polar surface area (TPSA) is 47.6 Å². The van der Waals surface area contributed by atoms with E-state index in [0.29, 0.717) is 24.0 Å². The van der Waals surface area contributed by atoms with Crippen molar-refractivity contribution in [3.63, 3.8) is 0 Å². The van der Waals surface area contributed by atoms with Gasteiger partial charge in [-0.15, -0.1) is 0 Å². The molecule has 5 heteroatoms. The monoisotopic (exact) mass is 465 g/mol. The SMILES string of the molecule is COc1cc(C=CC(=O)Nc2ccc(I)cc2)ccc1OCCC(C)C. The highest BCUT2D eigenvalue weighted by molar-refractivity contribution is 14.1. The van der Waals surface area contributed by atoms with E-state index >= 15 is 0 Å². The fourth-order valence-electron chi connectivity index (χ4n) is 2.20. The first-order valence-corrected chi connectivity index (χ1v) is 9.61. The zero-order chi connectivity index (χ0) is 18.9. The van der Waals surface area contributed by atoms with Gasteiger partial charge in [0, 0.05) is 15.3 Å². The molecule has 0 aromatic heterocycles.